The van der Waals surface area contributed by atoms with Gasteiger partial charge in [0.25, 0.3) is 0 Å². The smallest absolute Gasteiger partial charge is 0.330 e. The molecule has 17 heteroatoms. The fourth-order valence-corrected chi connectivity index (χ4v) is 6.07. The summed E-state index contributed by atoms with van der Waals surface area (Å²) in [6.45, 7) is 1.81. The molecule has 3 heterocycles. The topological polar surface area (TPSA) is 263 Å². The fraction of sp³-hybridized carbons (Fsp3) is 0.543. The molecule has 0 spiro atoms. The average Bonchev–Trinajstić information content (AvgIpc) is 3.13. The van der Waals surface area contributed by atoms with Gasteiger partial charge in [-0.2, -0.15) is 0 Å². The maximum atomic E-state index is 13.4. The van der Waals surface area contributed by atoms with E-state index in [4.69, 9.17) is 28.4 Å². The Kier molecular flexibility index (Phi) is 13.3. The van der Waals surface area contributed by atoms with Gasteiger partial charge >= 0.3 is 11.9 Å². The van der Waals surface area contributed by atoms with Gasteiger partial charge in [0, 0.05) is 12.6 Å². The monoisotopic (exact) mass is 735 g/mol. The minimum Gasteiger partial charge on any atom is -0.504 e. The van der Waals surface area contributed by atoms with Gasteiger partial charge in [-0.3, -0.25) is 4.79 Å². The maximum Gasteiger partial charge on any atom is 0.330 e. The minimum atomic E-state index is -1.79. The van der Waals surface area contributed by atoms with Gasteiger partial charge in [0.15, 0.2) is 41.7 Å². The Labute approximate surface area is 298 Å². The van der Waals surface area contributed by atoms with Gasteiger partial charge in [0.2, 0.25) is 0 Å². The second-order valence-electron chi connectivity index (χ2n) is 12.9. The lowest BCUT2D eigenvalue weighted by molar-refractivity contribution is -0.358. The maximum absolute atomic E-state index is 13.4. The third-order valence-electron chi connectivity index (χ3n) is 9.11. The highest BCUT2D eigenvalue weighted by atomic mass is 16.7. The number of aromatic hydroxyl groups is 4. The Hall–Kier alpha value is -4.04. The van der Waals surface area contributed by atoms with Crippen LogP contribution in [-0.2, 0) is 44.4 Å². The number of rotatable bonds is 12. The summed E-state index contributed by atoms with van der Waals surface area (Å²) in [7, 11) is 0. The van der Waals surface area contributed by atoms with Crippen molar-refractivity contribution in [1.82, 2.24) is 5.32 Å². The van der Waals surface area contributed by atoms with Crippen LogP contribution in [0.15, 0.2) is 42.5 Å². The van der Waals surface area contributed by atoms with Gasteiger partial charge in [-0.1, -0.05) is 12.1 Å². The number of benzene rings is 2. The molecule has 0 aromatic heterocycles. The van der Waals surface area contributed by atoms with Crippen LogP contribution in [0.25, 0.3) is 6.08 Å². The molecule has 0 amide bonds. The summed E-state index contributed by atoms with van der Waals surface area (Å²) in [4.78, 5) is 26.3. The standard InChI is InChI=1S/C35H45NO16/c1-17-27(42)28(43)29(44)35(49-17)52-32-30(45)34(47-12-10-19-5-8-22(38)24(40)14-19)50-25(31(32)51-33(46)20-3-2-11-36-15-20)16-48-26(41)9-6-18-4-7-21(37)23(39)13-18/h4-9,13-14,17,20,25,27-32,34-40,42-45H,2-3,10-12,15-16H2,1H3. The van der Waals surface area contributed by atoms with Crippen LogP contribution in [0.4, 0.5) is 0 Å². The molecule has 0 radical (unpaired) electrons. The lowest BCUT2D eigenvalue weighted by atomic mass is 9.96. The van der Waals surface area contributed by atoms with Crippen LogP contribution in [0, 0.1) is 5.92 Å². The molecule has 2 aromatic carbocycles. The number of phenolic OH excluding ortho intramolecular Hbond substituents is 4. The number of carbonyl (C=O) groups is 2. The minimum absolute atomic E-state index is 0.101. The zero-order valence-corrected chi connectivity index (χ0v) is 28.3. The molecule has 3 fully saturated rings. The average molecular weight is 736 g/mol. The SMILES string of the molecule is CC1OC(OC2C(O)C(OCCc3ccc(O)c(O)c3)OC(COC(=O)C=Cc3ccc(O)c(O)c3)C2OC(=O)C2CCCNC2)C(O)C(O)C1O. The number of phenols is 4. The van der Waals surface area contributed by atoms with E-state index in [1.807, 2.05) is 0 Å². The quantitative estimate of drug-likeness (QED) is 0.0758. The molecule has 17 nitrogen and oxygen atoms in total. The number of carbonyl (C=O) groups excluding carboxylic acids is 2. The van der Waals surface area contributed by atoms with Crippen LogP contribution < -0.4 is 5.32 Å². The Morgan fingerprint density at radius 2 is 1.60 bits per heavy atom. The molecule has 0 saturated carbocycles. The Morgan fingerprint density at radius 1 is 0.865 bits per heavy atom. The zero-order valence-electron chi connectivity index (χ0n) is 28.3. The van der Waals surface area contributed by atoms with E-state index in [1.54, 1.807) is 6.07 Å². The summed E-state index contributed by atoms with van der Waals surface area (Å²) in [5.74, 6) is -3.50. The van der Waals surface area contributed by atoms with Gasteiger partial charge in [-0.15, -0.1) is 0 Å². The predicted molar refractivity (Wildman–Crippen MR) is 177 cm³/mol. The summed E-state index contributed by atoms with van der Waals surface area (Å²) in [5.41, 5.74) is 0.939. The number of hydrogen-bond acceptors (Lipinski definition) is 17. The van der Waals surface area contributed by atoms with Gasteiger partial charge in [0.05, 0.1) is 18.6 Å². The Bertz CT molecular complexity index is 1550. The summed E-state index contributed by atoms with van der Waals surface area (Å²) in [5, 5.41) is 84.9. The molecule has 11 unspecified atom stereocenters. The molecule has 0 bridgehead atoms. The van der Waals surface area contributed by atoms with Crippen molar-refractivity contribution in [2.75, 3.05) is 26.3 Å². The van der Waals surface area contributed by atoms with Crippen molar-refractivity contribution in [3.8, 4) is 23.0 Å². The van der Waals surface area contributed by atoms with Crippen LogP contribution >= 0.6 is 0 Å². The highest BCUT2D eigenvalue weighted by molar-refractivity contribution is 5.87. The summed E-state index contributed by atoms with van der Waals surface area (Å²) in [6, 6.07) is 8.09. The van der Waals surface area contributed by atoms with Gasteiger partial charge in [0.1, 0.15) is 43.2 Å². The Balaban J connectivity index is 1.38. The molecule has 286 valence electrons. The predicted octanol–water partition coefficient (Wildman–Crippen LogP) is -0.465. The van der Waals surface area contributed by atoms with Crippen LogP contribution in [0.5, 0.6) is 23.0 Å². The van der Waals surface area contributed by atoms with Crippen molar-refractivity contribution in [3.63, 3.8) is 0 Å². The van der Waals surface area contributed by atoms with Crippen LogP contribution in [-0.4, -0.2) is 141 Å². The number of ether oxygens (including phenoxy) is 6. The molecule has 3 aliphatic heterocycles. The largest absolute Gasteiger partial charge is 0.504 e. The van der Waals surface area contributed by atoms with Crippen molar-refractivity contribution >= 4 is 18.0 Å². The van der Waals surface area contributed by atoms with Gasteiger partial charge in [-0.05, 0) is 74.2 Å². The van der Waals surface area contributed by atoms with Crippen LogP contribution in [0.2, 0.25) is 0 Å². The number of nitrogens with one attached hydrogen (secondary N) is 1. The first kappa shape index (κ1) is 39.2. The van der Waals surface area contributed by atoms with E-state index in [-0.39, 0.29) is 30.3 Å². The molecule has 3 saturated heterocycles. The number of aliphatic hydroxyl groups is 4. The number of piperidine rings is 1. The number of esters is 2. The normalized spacial score (nSPS) is 32.4. The highest BCUT2D eigenvalue weighted by Crippen LogP contribution is 2.33. The van der Waals surface area contributed by atoms with E-state index < -0.39 is 91.6 Å². The Morgan fingerprint density at radius 3 is 2.29 bits per heavy atom. The van der Waals surface area contributed by atoms with Crippen molar-refractivity contribution in [2.24, 2.45) is 5.92 Å². The van der Waals surface area contributed by atoms with Crippen molar-refractivity contribution in [2.45, 2.75) is 87.6 Å². The van der Waals surface area contributed by atoms with E-state index in [2.05, 4.69) is 5.32 Å². The van der Waals surface area contributed by atoms with E-state index in [1.165, 1.54) is 43.3 Å². The second kappa shape index (κ2) is 17.7. The van der Waals surface area contributed by atoms with E-state index in [9.17, 15) is 50.4 Å². The summed E-state index contributed by atoms with van der Waals surface area (Å²) in [6.07, 6.45) is -11.4. The van der Waals surface area contributed by atoms with Gasteiger partial charge < -0.3 is 74.6 Å². The molecule has 11 atom stereocenters. The number of hydrogen-bond donors (Lipinski definition) is 9. The lowest BCUT2D eigenvalue weighted by Gasteiger charge is -2.47. The third-order valence-corrected chi connectivity index (χ3v) is 9.11. The van der Waals surface area contributed by atoms with E-state index in [0.717, 1.165) is 6.08 Å². The number of aliphatic hydroxyl groups excluding tert-OH is 4. The fourth-order valence-electron chi connectivity index (χ4n) is 6.07. The highest BCUT2D eigenvalue weighted by Gasteiger charge is 2.53. The summed E-state index contributed by atoms with van der Waals surface area (Å²) >= 11 is 0. The first-order valence-electron chi connectivity index (χ1n) is 16.9. The van der Waals surface area contributed by atoms with Crippen molar-refractivity contribution in [1.29, 1.82) is 0 Å². The molecule has 5 rings (SSSR count). The van der Waals surface area contributed by atoms with Crippen LogP contribution in [0.1, 0.15) is 30.9 Å². The third kappa shape index (κ3) is 9.68. The van der Waals surface area contributed by atoms with Crippen molar-refractivity contribution in [3.05, 3.63) is 53.6 Å². The molecular formula is C35H45NO16. The second-order valence-corrected chi connectivity index (χ2v) is 12.9. The first-order valence-corrected chi connectivity index (χ1v) is 16.9. The van der Waals surface area contributed by atoms with E-state index in [0.29, 0.717) is 37.1 Å². The first-order chi connectivity index (χ1) is 24.8. The molecule has 9 N–H and O–H groups in total. The molecule has 52 heavy (non-hydrogen) atoms. The lowest BCUT2D eigenvalue weighted by Crippen LogP contribution is -2.65. The van der Waals surface area contributed by atoms with Gasteiger partial charge in [-0.25, -0.2) is 4.79 Å². The van der Waals surface area contributed by atoms with E-state index >= 15 is 0 Å². The van der Waals surface area contributed by atoms with Crippen molar-refractivity contribution < 1.29 is 78.9 Å². The zero-order chi connectivity index (χ0) is 37.5. The molecular weight excluding hydrogens is 690 g/mol. The molecule has 0 aliphatic carbocycles. The van der Waals surface area contributed by atoms with Crippen LogP contribution in [0.3, 0.4) is 0 Å². The molecule has 2 aromatic rings. The summed E-state index contributed by atoms with van der Waals surface area (Å²) < 4.78 is 34.9. The molecule has 3 aliphatic rings.